The molecule has 0 bridgehead atoms. The molecule has 1 aliphatic heterocycles. The van der Waals surface area contributed by atoms with E-state index in [0.29, 0.717) is 0 Å². The summed E-state index contributed by atoms with van der Waals surface area (Å²) in [4.78, 5) is 0. The Balaban J connectivity index is 1.97. The summed E-state index contributed by atoms with van der Waals surface area (Å²) in [5, 5.41) is 3.64. The molecule has 0 amide bonds. The number of rotatable bonds is 9. The monoisotopic (exact) mass is 241 g/mol. The fourth-order valence-corrected chi connectivity index (χ4v) is 2.66. The van der Waals surface area contributed by atoms with Crippen LogP contribution in [0.25, 0.3) is 0 Å². The number of hydrogen-bond acceptors (Lipinski definition) is 2. The van der Waals surface area contributed by atoms with Crippen molar-refractivity contribution < 1.29 is 4.74 Å². The lowest BCUT2D eigenvalue weighted by atomic mass is 9.93. The molecule has 0 spiro atoms. The first-order valence-corrected chi connectivity index (χ1v) is 7.68. The van der Waals surface area contributed by atoms with Gasteiger partial charge in [-0.05, 0) is 44.6 Å². The summed E-state index contributed by atoms with van der Waals surface area (Å²) < 4.78 is 5.40. The van der Waals surface area contributed by atoms with E-state index in [2.05, 4.69) is 19.2 Å². The zero-order chi connectivity index (χ0) is 12.3. The molecule has 1 aliphatic rings. The van der Waals surface area contributed by atoms with Crippen molar-refractivity contribution in [3.05, 3.63) is 0 Å². The molecule has 1 saturated heterocycles. The third-order valence-electron chi connectivity index (χ3n) is 3.93. The van der Waals surface area contributed by atoms with Crippen molar-refractivity contribution >= 4 is 0 Å². The molecule has 2 heteroatoms. The van der Waals surface area contributed by atoms with E-state index >= 15 is 0 Å². The van der Waals surface area contributed by atoms with E-state index in [9.17, 15) is 0 Å². The second-order valence-electron chi connectivity index (χ2n) is 5.40. The van der Waals surface area contributed by atoms with Gasteiger partial charge in [-0.25, -0.2) is 0 Å². The number of nitrogens with one attached hydrogen (secondary N) is 1. The Kier molecular flexibility index (Phi) is 8.72. The van der Waals surface area contributed by atoms with Gasteiger partial charge in [0.2, 0.25) is 0 Å². The maximum absolute atomic E-state index is 5.40. The average molecular weight is 241 g/mol. The maximum Gasteiger partial charge on any atom is 0.0468 e. The zero-order valence-corrected chi connectivity index (χ0v) is 11.8. The van der Waals surface area contributed by atoms with Gasteiger partial charge < -0.3 is 10.1 Å². The largest absolute Gasteiger partial charge is 0.381 e. The lowest BCUT2D eigenvalue weighted by molar-refractivity contribution is 0.0630. The van der Waals surface area contributed by atoms with Crippen molar-refractivity contribution in [1.82, 2.24) is 5.32 Å². The Morgan fingerprint density at radius 2 is 1.94 bits per heavy atom. The Hall–Kier alpha value is -0.0800. The van der Waals surface area contributed by atoms with E-state index in [1.165, 1.54) is 57.9 Å². The molecule has 1 heterocycles. The van der Waals surface area contributed by atoms with Crippen molar-refractivity contribution in [1.29, 1.82) is 0 Å². The van der Waals surface area contributed by atoms with E-state index in [0.717, 1.165) is 25.2 Å². The molecule has 0 aromatic rings. The van der Waals surface area contributed by atoms with Crippen LogP contribution >= 0.6 is 0 Å². The molecule has 2 nitrogen and oxygen atoms in total. The van der Waals surface area contributed by atoms with E-state index in [-0.39, 0.29) is 0 Å². The van der Waals surface area contributed by atoms with Crippen molar-refractivity contribution in [2.45, 2.75) is 71.3 Å². The third-order valence-corrected chi connectivity index (χ3v) is 3.93. The highest BCUT2D eigenvalue weighted by Gasteiger charge is 2.13. The van der Waals surface area contributed by atoms with Crippen LogP contribution in [0.1, 0.15) is 65.2 Å². The topological polar surface area (TPSA) is 21.3 Å². The standard InChI is InChI=1S/C15H31NO/c1-3-11-16-15(4-2)8-6-5-7-14-9-12-17-13-10-14/h14-16H,3-13H2,1-2H3. The average Bonchev–Trinajstić information content (AvgIpc) is 2.39. The van der Waals surface area contributed by atoms with Crippen LogP contribution < -0.4 is 5.32 Å². The third kappa shape index (κ3) is 7.05. The van der Waals surface area contributed by atoms with Gasteiger partial charge in [0.1, 0.15) is 0 Å². The fourth-order valence-electron chi connectivity index (χ4n) is 2.66. The predicted molar refractivity (Wildman–Crippen MR) is 74.4 cm³/mol. The van der Waals surface area contributed by atoms with Crippen LogP contribution in [0.3, 0.4) is 0 Å². The first kappa shape index (κ1) is 15.0. The van der Waals surface area contributed by atoms with Crippen molar-refractivity contribution in [3.63, 3.8) is 0 Å². The van der Waals surface area contributed by atoms with Crippen LogP contribution in [0, 0.1) is 5.92 Å². The van der Waals surface area contributed by atoms with Gasteiger partial charge in [0.05, 0.1) is 0 Å². The number of hydrogen-bond donors (Lipinski definition) is 1. The molecule has 102 valence electrons. The predicted octanol–water partition coefficient (Wildman–Crippen LogP) is 3.75. The van der Waals surface area contributed by atoms with Gasteiger partial charge in [-0.2, -0.15) is 0 Å². The van der Waals surface area contributed by atoms with Crippen LogP contribution in [0.4, 0.5) is 0 Å². The molecule has 1 unspecified atom stereocenters. The molecule has 1 atom stereocenters. The van der Waals surface area contributed by atoms with Crippen LogP contribution in [0.2, 0.25) is 0 Å². The summed E-state index contributed by atoms with van der Waals surface area (Å²) in [5.74, 6) is 0.951. The highest BCUT2D eigenvalue weighted by atomic mass is 16.5. The van der Waals surface area contributed by atoms with Crippen molar-refractivity contribution in [3.8, 4) is 0 Å². The summed E-state index contributed by atoms with van der Waals surface area (Å²) in [7, 11) is 0. The lowest BCUT2D eigenvalue weighted by Gasteiger charge is -2.22. The smallest absolute Gasteiger partial charge is 0.0468 e. The molecule has 0 aliphatic carbocycles. The lowest BCUT2D eigenvalue weighted by Crippen LogP contribution is -2.28. The molecular weight excluding hydrogens is 210 g/mol. The Labute approximate surface area is 108 Å². The van der Waals surface area contributed by atoms with Crippen LogP contribution in [0.15, 0.2) is 0 Å². The van der Waals surface area contributed by atoms with Gasteiger partial charge in [-0.1, -0.05) is 33.1 Å². The highest BCUT2D eigenvalue weighted by molar-refractivity contribution is 4.67. The molecule has 17 heavy (non-hydrogen) atoms. The quantitative estimate of drug-likeness (QED) is 0.621. The molecule has 0 aromatic carbocycles. The minimum absolute atomic E-state index is 0.754. The van der Waals surface area contributed by atoms with Crippen molar-refractivity contribution in [2.24, 2.45) is 5.92 Å². The van der Waals surface area contributed by atoms with E-state index < -0.39 is 0 Å². The van der Waals surface area contributed by atoms with E-state index in [1.54, 1.807) is 0 Å². The van der Waals surface area contributed by atoms with Gasteiger partial charge >= 0.3 is 0 Å². The van der Waals surface area contributed by atoms with Gasteiger partial charge in [-0.3, -0.25) is 0 Å². The zero-order valence-electron chi connectivity index (χ0n) is 11.8. The van der Waals surface area contributed by atoms with Gasteiger partial charge in [0.15, 0.2) is 0 Å². The Morgan fingerprint density at radius 1 is 1.18 bits per heavy atom. The maximum atomic E-state index is 5.40. The normalized spacial score (nSPS) is 19.4. The first-order valence-electron chi connectivity index (χ1n) is 7.68. The van der Waals surface area contributed by atoms with Crippen LogP contribution in [-0.2, 0) is 4.74 Å². The van der Waals surface area contributed by atoms with Crippen LogP contribution in [0.5, 0.6) is 0 Å². The van der Waals surface area contributed by atoms with Crippen LogP contribution in [-0.4, -0.2) is 25.8 Å². The molecule has 1 rings (SSSR count). The second-order valence-corrected chi connectivity index (χ2v) is 5.40. The SMILES string of the molecule is CCCNC(CC)CCCCC1CCOCC1. The number of ether oxygens (including phenoxy) is 1. The fraction of sp³-hybridized carbons (Fsp3) is 1.00. The molecule has 1 N–H and O–H groups in total. The summed E-state index contributed by atoms with van der Waals surface area (Å²) in [6, 6.07) is 0.754. The molecule has 0 radical (unpaired) electrons. The van der Waals surface area contributed by atoms with E-state index in [1.807, 2.05) is 0 Å². The second kappa shape index (κ2) is 9.90. The van der Waals surface area contributed by atoms with E-state index in [4.69, 9.17) is 4.74 Å². The van der Waals surface area contributed by atoms with Crippen molar-refractivity contribution in [2.75, 3.05) is 19.8 Å². The van der Waals surface area contributed by atoms with Gasteiger partial charge in [0, 0.05) is 19.3 Å². The summed E-state index contributed by atoms with van der Waals surface area (Å²) >= 11 is 0. The summed E-state index contributed by atoms with van der Waals surface area (Å²) in [6.07, 6.45) is 10.7. The minimum atomic E-state index is 0.754. The Morgan fingerprint density at radius 3 is 2.59 bits per heavy atom. The molecule has 1 fully saturated rings. The highest BCUT2D eigenvalue weighted by Crippen LogP contribution is 2.21. The molecule has 0 saturated carbocycles. The van der Waals surface area contributed by atoms with Gasteiger partial charge in [-0.15, -0.1) is 0 Å². The number of unbranched alkanes of at least 4 members (excludes halogenated alkanes) is 1. The molecule has 0 aromatic heterocycles. The summed E-state index contributed by atoms with van der Waals surface area (Å²) in [5.41, 5.74) is 0. The molecular formula is C15H31NO. The van der Waals surface area contributed by atoms with Gasteiger partial charge in [0.25, 0.3) is 0 Å². The minimum Gasteiger partial charge on any atom is -0.381 e. The first-order chi connectivity index (χ1) is 8.36. The Bertz CT molecular complexity index is 166. The summed E-state index contributed by atoms with van der Waals surface area (Å²) in [6.45, 7) is 7.72.